The molecular formula is C24H29N3O. The average molecular weight is 376 g/mol. The summed E-state index contributed by atoms with van der Waals surface area (Å²) >= 11 is 0. The number of aromatic nitrogens is 2. The van der Waals surface area contributed by atoms with Crippen LogP contribution in [0, 0.1) is 5.92 Å². The molecule has 0 fully saturated rings. The molecule has 4 heteroatoms. The predicted molar refractivity (Wildman–Crippen MR) is 114 cm³/mol. The third-order valence-corrected chi connectivity index (χ3v) is 5.00. The summed E-state index contributed by atoms with van der Waals surface area (Å²) < 4.78 is 2.05. The van der Waals surface area contributed by atoms with Crippen molar-refractivity contribution in [2.75, 3.05) is 0 Å². The normalized spacial score (nSPS) is 11.9. The van der Waals surface area contributed by atoms with Gasteiger partial charge < -0.3 is 9.88 Å². The number of nitrogens with one attached hydrogen (secondary N) is 1. The minimum atomic E-state index is 0.131. The maximum atomic E-state index is 12.2. The number of benzene rings is 2. The zero-order valence-electron chi connectivity index (χ0n) is 16.8. The van der Waals surface area contributed by atoms with Crippen LogP contribution in [0.1, 0.15) is 44.2 Å². The van der Waals surface area contributed by atoms with Gasteiger partial charge >= 0.3 is 0 Å². The Morgan fingerprint density at radius 3 is 2.64 bits per heavy atom. The summed E-state index contributed by atoms with van der Waals surface area (Å²) in [6.07, 6.45) is 8.39. The zero-order chi connectivity index (χ0) is 19.8. The quantitative estimate of drug-likeness (QED) is 0.569. The van der Waals surface area contributed by atoms with Crippen LogP contribution in [0.15, 0.2) is 67.3 Å². The van der Waals surface area contributed by atoms with Gasteiger partial charge in [-0.05, 0) is 28.2 Å². The third kappa shape index (κ3) is 5.56. The lowest BCUT2D eigenvalue weighted by atomic mass is 9.98. The molecular weight excluding hydrogens is 346 g/mol. The molecule has 0 aliphatic rings. The molecule has 4 nitrogen and oxygen atoms in total. The first-order valence-electron chi connectivity index (χ1n) is 10.1. The van der Waals surface area contributed by atoms with E-state index in [4.69, 9.17) is 0 Å². The van der Waals surface area contributed by atoms with Crippen LogP contribution in [0.5, 0.6) is 0 Å². The molecule has 0 aliphatic heterocycles. The average Bonchev–Trinajstić information content (AvgIpc) is 3.20. The van der Waals surface area contributed by atoms with Gasteiger partial charge in [-0.2, -0.15) is 0 Å². The van der Waals surface area contributed by atoms with Gasteiger partial charge in [-0.25, -0.2) is 4.98 Å². The molecule has 3 rings (SSSR count). The van der Waals surface area contributed by atoms with Crippen molar-refractivity contribution >= 4 is 5.91 Å². The van der Waals surface area contributed by atoms with Crippen molar-refractivity contribution in [2.24, 2.45) is 5.92 Å². The van der Waals surface area contributed by atoms with Crippen molar-refractivity contribution in [2.45, 2.75) is 46.2 Å². The van der Waals surface area contributed by atoms with E-state index in [0.29, 0.717) is 18.9 Å². The second-order valence-electron chi connectivity index (χ2n) is 7.46. The lowest BCUT2D eigenvalue weighted by molar-refractivity contribution is -0.122. The van der Waals surface area contributed by atoms with Gasteiger partial charge in [0.15, 0.2) is 0 Å². The highest BCUT2D eigenvalue weighted by atomic mass is 16.1. The van der Waals surface area contributed by atoms with E-state index >= 15 is 0 Å². The van der Waals surface area contributed by atoms with Crippen LogP contribution < -0.4 is 5.32 Å². The highest BCUT2D eigenvalue weighted by Gasteiger charge is 2.10. The van der Waals surface area contributed by atoms with Crippen molar-refractivity contribution in [3.05, 3.63) is 78.4 Å². The topological polar surface area (TPSA) is 46.9 Å². The number of imidazole rings is 1. The maximum absolute atomic E-state index is 12.2. The van der Waals surface area contributed by atoms with E-state index in [-0.39, 0.29) is 5.91 Å². The Bertz CT molecular complexity index is 869. The maximum Gasteiger partial charge on any atom is 0.220 e. The van der Waals surface area contributed by atoms with E-state index < -0.39 is 0 Å². The number of nitrogens with zero attached hydrogens (tertiary/aromatic N) is 2. The van der Waals surface area contributed by atoms with Crippen LogP contribution >= 0.6 is 0 Å². The van der Waals surface area contributed by atoms with Gasteiger partial charge in [0, 0.05) is 31.9 Å². The van der Waals surface area contributed by atoms with Crippen LogP contribution in [-0.4, -0.2) is 15.5 Å². The Labute approximate surface area is 167 Å². The highest BCUT2D eigenvalue weighted by Crippen LogP contribution is 2.24. The van der Waals surface area contributed by atoms with Crippen LogP contribution in [0.25, 0.3) is 11.1 Å². The van der Waals surface area contributed by atoms with E-state index in [0.717, 1.165) is 24.9 Å². The van der Waals surface area contributed by atoms with E-state index in [1.807, 2.05) is 24.7 Å². The molecule has 1 unspecified atom stereocenters. The number of amides is 1. The fourth-order valence-corrected chi connectivity index (χ4v) is 3.51. The van der Waals surface area contributed by atoms with Gasteiger partial charge in [0.2, 0.25) is 5.91 Å². The third-order valence-electron chi connectivity index (χ3n) is 5.00. The van der Waals surface area contributed by atoms with E-state index in [9.17, 15) is 4.79 Å². The van der Waals surface area contributed by atoms with Gasteiger partial charge in [-0.3, -0.25) is 4.79 Å². The van der Waals surface area contributed by atoms with Crippen molar-refractivity contribution in [1.82, 2.24) is 14.9 Å². The first-order chi connectivity index (χ1) is 13.7. The molecule has 2 aromatic carbocycles. The smallest absolute Gasteiger partial charge is 0.220 e. The Hall–Kier alpha value is -2.88. The van der Waals surface area contributed by atoms with E-state index in [1.54, 1.807) is 6.20 Å². The van der Waals surface area contributed by atoms with E-state index in [1.165, 1.54) is 16.7 Å². The highest BCUT2D eigenvalue weighted by molar-refractivity contribution is 5.76. The molecule has 0 saturated heterocycles. The molecule has 1 atom stereocenters. The minimum absolute atomic E-state index is 0.131. The minimum Gasteiger partial charge on any atom is -0.352 e. The first-order valence-corrected chi connectivity index (χ1v) is 10.1. The predicted octanol–water partition coefficient (Wildman–Crippen LogP) is 5.04. The van der Waals surface area contributed by atoms with Crippen molar-refractivity contribution < 1.29 is 4.79 Å². The fourth-order valence-electron chi connectivity index (χ4n) is 3.51. The van der Waals surface area contributed by atoms with Gasteiger partial charge in [0.05, 0.1) is 6.33 Å². The lowest BCUT2D eigenvalue weighted by Gasteiger charge is -2.13. The molecule has 28 heavy (non-hydrogen) atoms. The molecule has 1 N–H and O–H groups in total. The Morgan fingerprint density at radius 1 is 1.14 bits per heavy atom. The number of hydrogen-bond donors (Lipinski definition) is 1. The standard InChI is InChI=1S/C24H29N3O/c1-3-6-19(2)15-24(28)26-16-22-7-4-5-8-23(22)21-11-9-20(10-12-21)17-27-14-13-25-18-27/h4-5,7-14,18-19H,3,6,15-17H2,1-2H3,(H,26,28). The molecule has 0 aliphatic carbocycles. The molecule has 3 aromatic rings. The van der Waals surface area contributed by atoms with Gasteiger partial charge in [0.25, 0.3) is 0 Å². The number of rotatable bonds is 9. The summed E-state index contributed by atoms with van der Waals surface area (Å²) in [6, 6.07) is 16.9. The largest absolute Gasteiger partial charge is 0.352 e. The summed E-state index contributed by atoms with van der Waals surface area (Å²) in [5.41, 5.74) is 4.70. The van der Waals surface area contributed by atoms with Crippen LogP contribution in [0.4, 0.5) is 0 Å². The SMILES string of the molecule is CCCC(C)CC(=O)NCc1ccccc1-c1ccc(Cn2ccnc2)cc1. The summed E-state index contributed by atoms with van der Waals surface area (Å²) in [6.45, 7) is 5.67. The van der Waals surface area contributed by atoms with Crippen molar-refractivity contribution in [3.8, 4) is 11.1 Å². The van der Waals surface area contributed by atoms with Crippen LogP contribution in [0.2, 0.25) is 0 Å². The molecule has 1 aromatic heterocycles. The van der Waals surface area contributed by atoms with Crippen LogP contribution in [0.3, 0.4) is 0 Å². The number of hydrogen-bond acceptors (Lipinski definition) is 2. The monoisotopic (exact) mass is 375 g/mol. The Morgan fingerprint density at radius 2 is 1.93 bits per heavy atom. The lowest BCUT2D eigenvalue weighted by Crippen LogP contribution is -2.24. The second kappa shape index (κ2) is 9.88. The fraction of sp³-hybridized carbons (Fsp3) is 0.333. The number of carbonyl (C=O) groups excluding carboxylic acids is 1. The summed E-state index contributed by atoms with van der Waals surface area (Å²) in [5.74, 6) is 0.565. The van der Waals surface area contributed by atoms with E-state index in [2.05, 4.69) is 65.1 Å². The molecule has 0 spiro atoms. The molecule has 1 heterocycles. The van der Waals surface area contributed by atoms with Crippen LogP contribution in [-0.2, 0) is 17.9 Å². The summed E-state index contributed by atoms with van der Waals surface area (Å²) in [5, 5.41) is 3.09. The molecule has 146 valence electrons. The molecule has 1 amide bonds. The van der Waals surface area contributed by atoms with Gasteiger partial charge in [-0.15, -0.1) is 0 Å². The zero-order valence-corrected chi connectivity index (χ0v) is 16.8. The molecule has 0 saturated carbocycles. The molecule has 0 radical (unpaired) electrons. The Balaban J connectivity index is 1.65. The summed E-state index contributed by atoms with van der Waals surface area (Å²) in [7, 11) is 0. The molecule has 0 bridgehead atoms. The summed E-state index contributed by atoms with van der Waals surface area (Å²) in [4.78, 5) is 16.3. The Kier molecular flexibility index (Phi) is 7.01. The van der Waals surface area contributed by atoms with Crippen molar-refractivity contribution in [1.29, 1.82) is 0 Å². The second-order valence-corrected chi connectivity index (χ2v) is 7.46. The van der Waals surface area contributed by atoms with Crippen molar-refractivity contribution in [3.63, 3.8) is 0 Å². The first kappa shape index (κ1) is 19.9. The number of carbonyl (C=O) groups is 1. The van der Waals surface area contributed by atoms with Gasteiger partial charge in [-0.1, -0.05) is 75.2 Å². The van der Waals surface area contributed by atoms with Gasteiger partial charge in [0.1, 0.15) is 0 Å².